The summed E-state index contributed by atoms with van der Waals surface area (Å²) in [4.78, 5) is 26.4. The molecule has 0 bridgehead atoms. The zero-order valence-corrected chi connectivity index (χ0v) is 14.6. The summed E-state index contributed by atoms with van der Waals surface area (Å²) in [6.07, 6.45) is 0. The first-order valence-electron chi connectivity index (χ1n) is 7.35. The van der Waals surface area contributed by atoms with Crippen molar-refractivity contribution in [3.05, 3.63) is 53.1 Å². The quantitative estimate of drug-likeness (QED) is 0.875. The Hall–Kier alpha value is -2.18. The van der Waals surface area contributed by atoms with Gasteiger partial charge in [-0.1, -0.05) is 23.7 Å². The van der Waals surface area contributed by atoms with Crippen LogP contribution in [0.25, 0.3) is 0 Å². The van der Waals surface area contributed by atoms with Crippen LogP contribution in [0.15, 0.2) is 47.4 Å². The number of nitrogens with one attached hydrogen (secondary N) is 2. The first-order valence-corrected chi connectivity index (χ1v) is 8.72. The van der Waals surface area contributed by atoms with Crippen LogP contribution in [0, 0.1) is 0 Å². The van der Waals surface area contributed by atoms with E-state index in [1.165, 1.54) is 11.8 Å². The molecule has 0 radical (unpaired) electrons. The van der Waals surface area contributed by atoms with Gasteiger partial charge < -0.3 is 15.5 Å². The first-order chi connectivity index (χ1) is 11.5. The Kier molecular flexibility index (Phi) is 4.97. The second-order valence-corrected chi connectivity index (χ2v) is 6.81. The number of hydrogen-bond donors (Lipinski definition) is 2. The number of amides is 3. The second-order valence-electron chi connectivity index (χ2n) is 5.36. The molecular weight excluding hydrogens is 346 g/mol. The van der Waals surface area contributed by atoms with Crippen molar-refractivity contribution >= 4 is 46.7 Å². The molecule has 1 aliphatic heterocycles. The molecule has 0 fully saturated rings. The Balaban J connectivity index is 1.62. The van der Waals surface area contributed by atoms with Gasteiger partial charge in [-0.15, -0.1) is 11.8 Å². The Labute approximate surface area is 149 Å². The average molecular weight is 362 g/mol. The van der Waals surface area contributed by atoms with E-state index in [-0.39, 0.29) is 11.9 Å². The predicted molar refractivity (Wildman–Crippen MR) is 97.9 cm³/mol. The van der Waals surface area contributed by atoms with Crippen molar-refractivity contribution < 1.29 is 9.59 Å². The van der Waals surface area contributed by atoms with Gasteiger partial charge in [0.05, 0.1) is 11.4 Å². The molecule has 2 aromatic rings. The number of nitrogens with zero attached hydrogens (tertiary/aromatic N) is 1. The number of rotatable bonds is 3. The van der Waals surface area contributed by atoms with E-state index in [2.05, 4.69) is 10.6 Å². The lowest BCUT2D eigenvalue weighted by Gasteiger charge is -2.25. The third kappa shape index (κ3) is 3.83. The summed E-state index contributed by atoms with van der Waals surface area (Å²) in [6.45, 7) is 0.405. The molecule has 0 spiro atoms. The highest BCUT2D eigenvalue weighted by Gasteiger charge is 2.21. The second kappa shape index (κ2) is 7.15. The topological polar surface area (TPSA) is 61.4 Å². The lowest BCUT2D eigenvalue weighted by Crippen LogP contribution is -2.32. The summed E-state index contributed by atoms with van der Waals surface area (Å²) in [5, 5.41) is 6.23. The number of thioether (sulfide) groups is 1. The van der Waals surface area contributed by atoms with E-state index in [1.807, 2.05) is 24.3 Å². The molecule has 24 heavy (non-hydrogen) atoms. The fraction of sp³-hybridized carbons (Fsp3) is 0.176. The fourth-order valence-corrected chi connectivity index (χ4v) is 3.42. The first kappa shape index (κ1) is 16.7. The molecule has 1 heterocycles. The highest BCUT2D eigenvalue weighted by atomic mass is 35.5. The highest BCUT2D eigenvalue weighted by Crippen LogP contribution is 2.36. The maximum Gasteiger partial charge on any atom is 0.319 e. The van der Waals surface area contributed by atoms with Gasteiger partial charge in [0.15, 0.2) is 0 Å². The summed E-state index contributed by atoms with van der Waals surface area (Å²) in [5.41, 5.74) is 2.41. The van der Waals surface area contributed by atoms with Gasteiger partial charge >= 0.3 is 6.03 Å². The lowest BCUT2D eigenvalue weighted by atomic mass is 10.2. The van der Waals surface area contributed by atoms with Gasteiger partial charge in [0.1, 0.15) is 0 Å². The van der Waals surface area contributed by atoms with Crippen LogP contribution in [0.2, 0.25) is 5.02 Å². The van der Waals surface area contributed by atoms with Gasteiger partial charge in [-0.05, 0) is 35.9 Å². The number of benzene rings is 2. The highest BCUT2D eigenvalue weighted by molar-refractivity contribution is 8.00. The third-order valence-electron chi connectivity index (χ3n) is 3.67. The molecule has 0 saturated heterocycles. The van der Waals surface area contributed by atoms with Crippen molar-refractivity contribution in [2.24, 2.45) is 0 Å². The predicted octanol–water partition coefficient (Wildman–Crippen LogP) is 3.73. The Morgan fingerprint density at radius 2 is 2.00 bits per heavy atom. The lowest BCUT2D eigenvalue weighted by molar-refractivity contribution is -0.116. The van der Waals surface area contributed by atoms with Crippen molar-refractivity contribution in [2.45, 2.75) is 11.4 Å². The molecule has 1 aliphatic rings. The molecule has 0 aliphatic carbocycles. The van der Waals surface area contributed by atoms with E-state index in [9.17, 15) is 9.59 Å². The minimum Gasteiger partial charge on any atom is -0.334 e. The smallest absolute Gasteiger partial charge is 0.319 e. The van der Waals surface area contributed by atoms with Crippen LogP contribution in [-0.4, -0.2) is 24.7 Å². The molecule has 0 saturated carbocycles. The normalized spacial score (nSPS) is 13.4. The van der Waals surface area contributed by atoms with Crippen LogP contribution in [0.1, 0.15) is 5.56 Å². The largest absolute Gasteiger partial charge is 0.334 e. The van der Waals surface area contributed by atoms with E-state index < -0.39 is 0 Å². The van der Waals surface area contributed by atoms with E-state index in [1.54, 1.807) is 30.1 Å². The minimum absolute atomic E-state index is 0.0526. The van der Waals surface area contributed by atoms with E-state index in [4.69, 9.17) is 11.6 Å². The van der Waals surface area contributed by atoms with Crippen LogP contribution >= 0.6 is 23.4 Å². The van der Waals surface area contributed by atoms with Crippen molar-refractivity contribution in [1.82, 2.24) is 5.32 Å². The number of fused-ring (bicyclic) bond motifs is 1. The van der Waals surface area contributed by atoms with Gasteiger partial charge in [0.2, 0.25) is 5.91 Å². The summed E-state index contributed by atoms with van der Waals surface area (Å²) < 4.78 is 0. The molecule has 3 rings (SSSR count). The maximum atomic E-state index is 12.0. The van der Waals surface area contributed by atoms with Crippen molar-refractivity contribution in [1.29, 1.82) is 0 Å². The van der Waals surface area contributed by atoms with Gasteiger partial charge in [0, 0.05) is 29.2 Å². The van der Waals surface area contributed by atoms with Gasteiger partial charge in [-0.25, -0.2) is 4.79 Å². The number of urea groups is 1. The third-order valence-corrected chi connectivity index (χ3v) is 4.97. The number of carbonyl (C=O) groups excluding carboxylic acids is 2. The molecule has 2 aromatic carbocycles. The minimum atomic E-state index is -0.303. The summed E-state index contributed by atoms with van der Waals surface area (Å²) in [5.74, 6) is 0.495. The van der Waals surface area contributed by atoms with Crippen LogP contribution in [0.5, 0.6) is 0 Å². The molecule has 0 atom stereocenters. The Morgan fingerprint density at radius 3 is 2.75 bits per heavy atom. The number of carbonyl (C=O) groups is 2. The molecule has 124 valence electrons. The summed E-state index contributed by atoms with van der Waals surface area (Å²) in [7, 11) is 1.74. The SMILES string of the molecule is CN1C(=O)CSc2ccc(NC(=O)NCc3ccc(Cl)cc3)cc21. The molecule has 0 unspecified atom stereocenters. The zero-order chi connectivity index (χ0) is 17.1. The van der Waals surface area contributed by atoms with Crippen LogP contribution < -0.4 is 15.5 Å². The maximum absolute atomic E-state index is 12.0. The van der Waals surface area contributed by atoms with Crippen LogP contribution in [0.4, 0.5) is 16.2 Å². The Morgan fingerprint density at radius 1 is 1.25 bits per heavy atom. The van der Waals surface area contributed by atoms with Gasteiger partial charge in [-0.2, -0.15) is 0 Å². The van der Waals surface area contributed by atoms with Crippen molar-refractivity contribution in [3.63, 3.8) is 0 Å². The van der Waals surface area contributed by atoms with Gasteiger partial charge in [0.25, 0.3) is 0 Å². The van der Waals surface area contributed by atoms with Crippen LogP contribution in [0.3, 0.4) is 0 Å². The van der Waals surface area contributed by atoms with Crippen molar-refractivity contribution in [2.75, 3.05) is 23.0 Å². The van der Waals surface area contributed by atoms with E-state index in [0.717, 1.165) is 16.1 Å². The van der Waals surface area contributed by atoms with E-state index in [0.29, 0.717) is 23.0 Å². The summed E-state index contributed by atoms with van der Waals surface area (Å²) in [6, 6.07) is 12.5. The molecular formula is C17H16ClN3O2S. The van der Waals surface area contributed by atoms with Crippen LogP contribution in [-0.2, 0) is 11.3 Å². The number of halogens is 1. The number of hydrogen-bond acceptors (Lipinski definition) is 3. The molecule has 2 N–H and O–H groups in total. The molecule has 5 nitrogen and oxygen atoms in total. The fourth-order valence-electron chi connectivity index (χ4n) is 2.31. The average Bonchev–Trinajstić information content (AvgIpc) is 2.58. The molecule has 3 amide bonds. The summed E-state index contributed by atoms with van der Waals surface area (Å²) >= 11 is 7.34. The molecule has 7 heteroatoms. The monoisotopic (exact) mass is 361 g/mol. The Bertz CT molecular complexity index is 780. The zero-order valence-electron chi connectivity index (χ0n) is 13.0. The van der Waals surface area contributed by atoms with E-state index >= 15 is 0 Å². The van der Waals surface area contributed by atoms with Gasteiger partial charge in [-0.3, -0.25) is 4.79 Å². The van der Waals surface area contributed by atoms with Crippen molar-refractivity contribution in [3.8, 4) is 0 Å². The standard InChI is InChI=1S/C17H16ClN3O2S/c1-21-14-8-13(6-7-15(14)24-10-16(21)22)20-17(23)19-9-11-2-4-12(18)5-3-11/h2-8H,9-10H2,1H3,(H2,19,20,23). The molecule has 0 aromatic heterocycles. The number of anilines is 2.